The molecule has 0 spiro atoms. The van der Waals surface area contributed by atoms with E-state index < -0.39 is 29.7 Å². The van der Waals surface area contributed by atoms with E-state index in [-0.39, 0.29) is 18.1 Å². The van der Waals surface area contributed by atoms with Gasteiger partial charge in [-0.05, 0) is 67.7 Å². The minimum absolute atomic E-state index is 0.102. The van der Waals surface area contributed by atoms with Crippen LogP contribution < -0.4 is 10.7 Å². The molecular weight excluding hydrogens is 468 g/mol. The van der Waals surface area contributed by atoms with Gasteiger partial charge in [-0.3, -0.25) is 24.7 Å². The Morgan fingerprint density at radius 2 is 1.67 bits per heavy atom. The zero-order chi connectivity index (χ0) is 24.1. The van der Waals surface area contributed by atoms with Crippen LogP contribution in [0.15, 0.2) is 48.5 Å². The van der Waals surface area contributed by atoms with E-state index in [0.29, 0.717) is 21.8 Å². The van der Waals surface area contributed by atoms with Crippen molar-refractivity contribution in [2.24, 2.45) is 0 Å². The van der Waals surface area contributed by atoms with Gasteiger partial charge in [0.25, 0.3) is 11.8 Å². The van der Waals surface area contributed by atoms with E-state index in [1.165, 1.54) is 41.3 Å². The molecule has 33 heavy (non-hydrogen) atoms. The highest BCUT2D eigenvalue weighted by molar-refractivity contribution is 7.80. The van der Waals surface area contributed by atoms with Crippen LogP contribution in [0.3, 0.4) is 0 Å². The Morgan fingerprint density at radius 3 is 2.24 bits per heavy atom. The van der Waals surface area contributed by atoms with Gasteiger partial charge in [-0.1, -0.05) is 11.6 Å². The quantitative estimate of drug-likeness (QED) is 0.455. The number of nitrogens with zero attached hydrogens (tertiary/aromatic N) is 2. The normalized spacial score (nSPS) is 15.4. The van der Waals surface area contributed by atoms with Crippen molar-refractivity contribution >= 4 is 58.3 Å². The lowest BCUT2D eigenvalue weighted by Crippen LogP contribution is -2.49. The summed E-state index contributed by atoms with van der Waals surface area (Å²) in [5.41, 5.74) is 3.71. The third-order valence-electron chi connectivity index (χ3n) is 4.91. The van der Waals surface area contributed by atoms with Gasteiger partial charge in [-0.15, -0.1) is 0 Å². The number of methoxy groups -OCH3 is 1. The molecule has 2 aromatic carbocycles. The van der Waals surface area contributed by atoms with E-state index in [9.17, 15) is 19.2 Å². The first-order valence-electron chi connectivity index (χ1n) is 9.94. The third kappa shape index (κ3) is 5.47. The highest BCUT2D eigenvalue weighted by atomic mass is 35.5. The summed E-state index contributed by atoms with van der Waals surface area (Å²) in [5.74, 6) is -1.85. The van der Waals surface area contributed by atoms with Crippen molar-refractivity contribution in [3.8, 4) is 0 Å². The zero-order valence-corrected chi connectivity index (χ0v) is 19.4. The molecule has 9 nitrogen and oxygen atoms in total. The van der Waals surface area contributed by atoms with Gasteiger partial charge in [-0.2, -0.15) is 0 Å². The maximum Gasteiger partial charge on any atom is 0.337 e. The van der Waals surface area contributed by atoms with Crippen molar-refractivity contribution in [2.45, 2.75) is 19.4 Å². The number of benzene rings is 2. The van der Waals surface area contributed by atoms with Crippen LogP contribution in [0.5, 0.6) is 0 Å². The number of rotatable bonds is 7. The second kappa shape index (κ2) is 10.4. The molecule has 1 fully saturated rings. The van der Waals surface area contributed by atoms with Crippen LogP contribution >= 0.6 is 23.8 Å². The predicted molar refractivity (Wildman–Crippen MR) is 126 cm³/mol. The van der Waals surface area contributed by atoms with E-state index in [1.807, 2.05) is 0 Å². The van der Waals surface area contributed by atoms with Gasteiger partial charge in [0.15, 0.2) is 5.11 Å². The number of thiocarbonyl (C=S) groups is 1. The Balaban J connectivity index is 1.72. The average molecular weight is 489 g/mol. The van der Waals surface area contributed by atoms with Gasteiger partial charge in [-0.25, -0.2) is 9.80 Å². The molecule has 1 aliphatic rings. The number of esters is 1. The fraction of sp³-hybridized carbons (Fsp3) is 0.227. The summed E-state index contributed by atoms with van der Waals surface area (Å²) in [5, 5.41) is 4.49. The molecule has 3 amide bonds. The van der Waals surface area contributed by atoms with Crippen molar-refractivity contribution in [1.82, 2.24) is 15.3 Å². The van der Waals surface area contributed by atoms with E-state index >= 15 is 0 Å². The molecule has 172 valence electrons. The van der Waals surface area contributed by atoms with Gasteiger partial charge in [0.05, 0.1) is 19.1 Å². The summed E-state index contributed by atoms with van der Waals surface area (Å²) in [6.07, 6.45) is -0.255. The fourth-order valence-electron chi connectivity index (χ4n) is 3.21. The zero-order valence-electron chi connectivity index (χ0n) is 17.8. The third-order valence-corrected chi connectivity index (χ3v) is 5.58. The minimum atomic E-state index is -1.01. The monoisotopic (exact) mass is 488 g/mol. The predicted octanol–water partition coefficient (Wildman–Crippen LogP) is 2.62. The molecule has 0 radical (unpaired) electrons. The molecule has 2 N–H and O–H groups in total. The Kier molecular flexibility index (Phi) is 7.62. The number of carbonyl (C=O) groups excluding carboxylic acids is 4. The Hall–Kier alpha value is -3.50. The van der Waals surface area contributed by atoms with Gasteiger partial charge >= 0.3 is 5.97 Å². The number of likely N-dealkylation sites (N-methyl/N-ethyl adjacent to an activating group) is 1. The second-order valence-electron chi connectivity index (χ2n) is 7.02. The van der Waals surface area contributed by atoms with Crippen LogP contribution in [-0.4, -0.2) is 58.4 Å². The maximum atomic E-state index is 12.9. The van der Waals surface area contributed by atoms with E-state index in [2.05, 4.69) is 15.5 Å². The number of halogens is 1. The molecule has 3 rings (SSSR count). The molecule has 11 heteroatoms. The summed E-state index contributed by atoms with van der Waals surface area (Å²) < 4.78 is 4.64. The van der Waals surface area contributed by atoms with Gasteiger partial charge in [0, 0.05) is 22.8 Å². The molecule has 1 aliphatic heterocycles. The molecule has 0 aliphatic carbocycles. The lowest BCUT2D eigenvalue weighted by Gasteiger charge is -2.24. The molecule has 0 aromatic heterocycles. The smallest absolute Gasteiger partial charge is 0.337 e. The number of ether oxygens (including phenoxy) is 1. The van der Waals surface area contributed by atoms with Crippen molar-refractivity contribution in [3.63, 3.8) is 0 Å². The molecule has 1 heterocycles. The van der Waals surface area contributed by atoms with E-state index in [4.69, 9.17) is 23.8 Å². The molecule has 0 bridgehead atoms. The summed E-state index contributed by atoms with van der Waals surface area (Å²) >= 11 is 11.2. The van der Waals surface area contributed by atoms with Crippen LogP contribution in [0.1, 0.15) is 34.1 Å². The second-order valence-corrected chi connectivity index (χ2v) is 7.82. The fourth-order valence-corrected chi connectivity index (χ4v) is 3.73. The molecular formula is C22H21ClN4O5S. The molecule has 0 saturated carbocycles. The van der Waals surface area contributed by atoms with Gasteiger partial charge < -0.3 is 10.1 Å². The topological polar surface area (TPSA) is 108 Å². The number of carbonyl (C=O) groups is 4. The lowest BCUT2D eigenvalue weighted by atomic mass is 10.1. The van der Waals surface area contributed by atoms with Crippen LogP contribution in [0.25, 0.3) is 0 Å². The van der Waals surface area contributed by atoms with Gasteiger partial charge in [0.1, 0.15) is 6.04 Å². The number of hydrazine groups is 1. The highest BCUT2D eigenvalue weighted by Gasteiger charge is 2.43. The Morgan fingerprint density at radius 1 is 1.06 bits per heavy atom. The van der Waals surface area contributed by atoms with Crippen molar-refractivity contribution in [2.75, 3.05) is 19.0 Å². The Labute approximate surface area is 200 Å². The minimum Gasteiger partial charge on any atom is -0.465 e. The molecule has 1 unspecified atom stereocenters. The summed E-state index contributed by atoms with van der Waals surface area (Å²) in [6, 6.07) is 11.3. The van der Waals surface area contributed by atoms with Crippen molar-refractivity contribution in [1.29, 1.82) is 0 Å². The first-order chi connectivity index (χ1) is 15.7. The number of nitrogens with one attached hydrogen (secondary N) is 2. The first kappa shape index (κ1) is 24.1. The average Bonchev–Trinajstić information content (AvgIpc) is 3.02. The SMILES string of the molecule is CCN1C(=O)C(CC(=O)Nc2ccc(C(=O)OC)cc2)N(NC(=O)c2ccc(Cl)cc2)C1=S. The molecule has 2 aromatic rings. The van der Waals surface area contributed by atoms with Crippen molar-refractivity contribution < 1.29 is 23.9 Å². The Bertz CT molecular complexity index is 1090. The molecule has 1 atom stereocenters. The summed E-state index contributed by atoms with van der Waals surface area (Å²) in [7, 11) is 1.28. The summed E-state index contributed by atoms with van der Waals surface area (Å²) in [4.78, 5) is 51.0. The number of amides is 3. The first-order valence-corrected chi connectivity index (χ1v) is 10.7. The van der Waals surface area contributed by atoms with E-state index in [1.54, 1.807) is 31.2 Å². The van der Waals surface area contributed by atoms with Crippen LogP contribution in [0, 0.1) is 0 Å². The maximum absolute atomic E-state index is 12.9. The standard InChI is InChI=1S/C22H21ClN4O5S/c1-3-26-20(30)17(12-18(28)24-16-10-6-14(7-11-16)21(31)32-2)27(22(26)33)25-19(29)13-4-8-15(23)9-5-13/h4-11,17H,3,12H2,1-2H3,(H,24,28)(H,25,29). The van der Waals surface area contributed by atoms with Crippen LogP contribution in [0.4, 0.5) is 5.69 Å². The van der Waals surface area contributed by atoms with Crippen LogP contribution in [-0.2, 0) is 14.3 Å². The van der Waals surface area contributed by atoms with Crippen LogP contribution in [0.2, 0.25) is 5.02 Å². The van der Waals surface area contributed by atoms with Crippen molar-refractivity contribution in [3.05, 3.63) is 64.7 Å². The van der Waals surface area contributed by atoms with E-state index in [0.717, 1.165) is 0 Å². The summed E-state index contributed by atoms with van der Waals surface area (Å²) in [6.45, 7) is 2.03. The highest BCUT2D eigenvalue weighted by Crippen LogP contribution is 2.20. The molecule has 1 saturated heterocycles. The largest absolute Gasteiger partial charge is 0.465 e. The number of hydrogen-bond acceptors (Lipinski definition) is 6. The number of anilines is 1. The number of hydrogen-bond donors (Lipinski definition) is 2. The lowest BCUT2D eigenvalue weighted by molar-refractivity contribution is -0.130. The van der Waals surface area contributed by atoms with Gasteiger partial charge in [0.2, 0.25) is 5.91 Å².